The van der Waals surface area contributed by atoms with Crippen LogP contribution in [0.25, 0.3) is 0 Å². The second kappa shape index (κ2) is 11.5. The van der Waals surface area contributed by atoms with Crippen LogP contribution >= 0.6 is 7.26 Å². The van der Waals surface area contributed by atoms with E-state index in [1.807, 2.05) is 18.2 Å². The Bertz CT molecular complexity index is 1160. The van der Waals surface area contributed by atoms with E-state index in [0.717, 1.165) is 44.1 Å². The molecule has 182 valence electrons. The quantitative estimate of drug-likeness (QED) is 0.149. The number of hydrogen-bond acceptors (Lipinski definition) is 3. The van der Waals surface area contributed by atoms with Crippen LogP contribution in [0, 0.1) is 0 Å². The van der Waals surface area contributed by atoms with Gasteiger partial charge in [0.25, 0.3) is 0 Å². The third kappa shape index (κ3) is 5.08. The van der Waals surface area contributed by atoms with Gasteiger partial charge in [0.2, 0.25) is 0 Å². The van der Waals surface area contributed by atoms with Crippen LogP contribution in [0.4, 0.5) is 5.69 Å². The van der Waals surface area contributed by atoms with Gasteiger partial charge < -0.3 is 9.64 Å². The highest BCUT2D eigenvalue weighted by Gasteiger charge is 2.44. The van der Waals surface area contributed by atoms with Crippen LogP contribution < -0.4 is 25.6 Å². The number of nitrogens with zero attached hydrogens (tertiary/aromatic N) is 1. The number of benzene rings is 4. The highest BCUT2D eigenvalue weighted by Crippen LogP contribution is 2.55. The van der Waals surface area contributed by atoms with Crippen LogP contribution in [0.15, 0.2) is 109 Å². The zero-order valence-corrected chi connectivity index (χ0v) is 21.5. The van der Waals surface area contributed by atoms with Gasteiger partial charge in [0.05, 0.1) is 18.3 Å². The highest BCUT2D eigenvalue weighted by molar-refractivity contribution is 7.95. The first kappa shape index (κ1) is 24.3. The van der Waals surface area contributed by atoms with Crippen molar-refractivity contribution in [3.63, 3.8) is 0 Å². The van der Waals surface area contributed by atoms with Gasteiger partial charge in [-0.1, -0.05) is 54.6 Å². The molecular formula is C32H33NO2P+. The molecule has 1 aliphatic rings. The van der Waals surface area contributed by atoms with E-state index in [9.17, 15) is 4.79 Å². The molecule has 0 bridgehead atoms. The van der Waals surface area contributed by atoms with Gasteiger partial charge in [-0.2, -0.15) is 0 Å². The van der Waals surface area contributed by atoms with Crippen molar-refractivity contribution in [2.75, 3.05) is 30.8 Å². The first-order chi connectivity index (χ1) is 17.8. The van der Waals surface area contributed by atoms with Gasteiger partial charge in [-0.3, -0.25) is 4.79 Å². The normalized spacial score (nSPS) is 13.2. The van der Waals surface area contributed by atoms with Crippen LogP contribution in [0.2, 0.25) is 0 Å². The topological polar surface area (TPSA) is 29.5 Å². The fourth-order valence-corrected chi connectivity index (χ4v) is 9.44. The Morgan fingerprint density at radius 3 is 1.75 bits per heavy atom. The highest BCUT2D eigenvalue weighted by atomic mass is 31.2. The molecule has 1 aliphatic heterocycles. The van der Waals surface area contributed by atoms with Crippen molar-refractivity contribution < 1.29 is 9.53 Å². The number of aldehydes is 1. The predicted molar refractivity (Wildman–Crippen MR) is 153 cm³/mol. The lowest BCUT2D eigenvalue weighted by atomic mass is 10.1. The summed E-state index contributed by atoms with van der Waals surface area (Å²) in [6, 6.07) is 38.9. The molecule has 1 heterocycles. The van der Waals surface area contributed by atoms with Crippen LogP contribution in [0.3, 0.4) is 0 Å². The maximum Gasteiger partial charge on any atom is 0.153 e. The van der Waals surface area contributed by atoms with Gasteiger partial charge in [0, 0.05) is 24.8 Å². The largest absolute Gasteiger partial charge is 0.493 e. The van der Waals surface area contributed by atoms with Gasteiger partial charge >= 0.3 is 0 Å². The summed E-state index contributed by atoms with van der Waals surface area (Å²) in [5.74, 6) is 0.699. The van der Waals surface area contributed by atoms with Crippen molar-refractivity contribution in [2.45, 2.75) is 19.3 Å². The minimum atomic E-state index is -1.82. The molecule has 0 N–H and O–H groups in total. The predicted octanol–water partition coefficient (Wildman–Crippen LogP) is 5.86. The zero-order valence-electron chi connectivity index (χ0n) is 20.6. The molecule has 0 amide bonds. The standard InChI is InChI=1S/C32H33NO2P/c34-26-27-19-20-28(33-21-12-22-33)25-32(27)35-23-10-11-24-36(29-13-4-1-5-14-29,30-15-6-2-7-16-30)31-17-8-3-9-18-31/h1-9,13-20,25-26H,10-12,21-24H2/q+1. The first-order valence-corrected chi connectivity index (χ1v) is 14.8. The van der Waals surface area contributed by atoms with Gasteiger partial charge in [-0.25, -0.2) is 0 Å². The summed E-state index contributed by atoms with van der Waals surface area (Å²) in [7, 11) is -1.82. The molecule has 0 atom stereocenters. The van der Waals surface area contributed by atoms with Crippen molar-refractivity contribution in [1.29, 1.82) is 0 Å². The molecule has 1 saturated heterocycles. The van der Waals surface area contributed by atoms with Crippen molar-refractivity contribution in [1.82, 2.24) is 0 Å². The molecule has 4 heteroatoms. The molecule has 0 aromatic heterocycles. The average Bonchev–Trinajstić information content (AvgIpc) is 2.91. The number of carbonyl (C=O) groups is 1. The van der Waals surface area contributed by atoms with E-state index in [1.54, 1.807) is 0 Å². The molecule has 0 saturated carbocycles. The smallest absolute Gasteiger partial charge is 0.153 e. The molecule has 0 radical (unpaired) electrons. The van der Waals surface area contributed by atoms with Gasteiger partial charge in [0.1, 0.15) is 28.9 Å². The lowest BCUT2D eigenvalue weighted by Gasteiger charge is -2.33. The Kier molecular flexibility index (Phi) is 7.79. The Labute approximate surface area is 215 Å². The molecule has 0 spiro atoms. The first-order valence-electron chi connectivity index (χ1n) is 12.8. The minimum absolute atomic E-state index is 0.600. The zero-order chi connectivity index (χ0) is 24.6. The van der Waals surface area contributed by atoms with Crippen LogP contribution in [0.1, 0.15) is 29.6 Å². The molecule has 5 rings (SSSR count). The molecular weight excluding hydrogens is 461 g/mol. The second-order valence-electron chi connectivity index (χ2n) is 9.28. The van der Waals surface area contributed by atoms with Crippen LogP contribution in [-0.2, 0) is 0 Å². The Morgan fingerprint density at radius 1 is 0.722 bits per heavy atom. The second-order valence-corrected chi connectivity index (χ2v) is 12.9. The Morgan fingerprint density at radius 2 is 1.28 bits per heavy atom. The summed E-state index contributed by atoms with van der Waals surface area (Å²) in [5.41, 5.74) is 1.77. The van der Waals surface area contributed by atoms with Crippen molar-refractivity contribution >= 4 is 35.1 Å². The molecule has 1 fully saturated rings. The molecule has 4 aromatic carbocycles. The van der Waals surface area contributed by atoms with E-state index in [1.165, 1.54) is 22.3 Å². The van der Waals surface area contributed by atoms with Gasteiger partial charge in [-0.05, 0) is 67.8 Å². The molecule has 0 unspecified atom stereocenters. The summed E-state index contributed by atoms with van der Waals surface area (Å²) in [6.07, 6.45) is 5.16. The maximum atomic E-state index is 11.6. The average molecular weight is 495 g/mol. The number of rotatable bonds is 11. The summed E-state index contributed by atoms with van der Waals surface area (Å²) in [5, 5.41) is 4.23. The SMILES string of the molecule is O=Cc1ccc(N2CCC2)cc1OCCCC[P+](c1ccccc1)(c1ccccc1)c1ccccc1. The van der Waals surface area contributed by atoms with Crippen LogP contribution in [0.5, 0.6) is 5.75 Å². The van der Waals surface area contributed by atoms with E-state index < -0.39 is 7.26 Å². The lowest BCUT2D eigenvalue weighted by molar-refractivity contribution is 0.111. The third-order valence-electron chi connectivity index (χ3n) is 7.08. The van der Waals surface area contributed by atoms with Gasteiger partial charge in [0.15, 0.2) is 6.29 Å². The number of unbranched alkanes of at least 4 members (excludes halogenated alkanes) is 1. The molecule has 0 aliphatic carbocycles. The number of hydrogen-bond donors (Lipinski definition) is 0. The van der Waals surface area contributed by atoms with Crippen molar-refractivity contribution in [3.8, 4) is 5.75 Å². The summed E-state index contributed by atoms with van der Waals surface area (Å²) >= 11 is 0. The Balaban J connectivity index is 1.35. The van der Waals surface area contributed by atoms with E-state index in [4.69, 9.17) is 4.74 Å². The molecule has 4 aromatic rings. The fraction of sp³-hybridized carbons (Fsp3) is 0.219. The number of carbonyl (C=O) groups excluding carboxylic acids is 1. The van der Waals surface area contributed by atoms with Gasteiger partial charge in [-0.15, -0.1) is 0 Å². The van der Waals surface area contributed by atoms with E-state index in [0.29, 0.717) is 17.9 Å². The number of anilines is 1. The molecule has 3 nitrogen and oxygen atoms in total. The van der Waals surface area contributed by atoms with Crippen LogP contribution in [-0.4, -0.2) is 32.1 Å². The monoisotopic (exact) mass is 494 g/mol. The summed E-state index contributed by atoms with van der Waals surface area (Å²) < 4.78 is 6.17. The van der Waals surface area contributed by atoms with E-state index >= 15 is 0 Å². The van der Waals surface area contributed by atoms with Crippen molar-refractivity contribution in [2.24, 2.45) is 0 Å². The molecule has 36 heavy (non-hydrogen) atoms. The minimum Gasteiger partial charge on any atom is -0.493 e. The maximum absolute atomic E-state index is 11.6. The van der Waals surface area contributed by atoms with Crippen molar-refractivity contribution in [3.05, 3.63) is 115 Å². The van der Waals surface area contributed by atoms with E-state index in [-0.39, 0.29) is 0 Å². The Hall–Kier alpha value is -3.42. The van der Waals surface area contributed by atoms with E-state index in [2.05, 4.69) is 95.9 Å². The third-order valence-corrected chi connectivity index (χ3v) is 11.6. The summed E-state index contributed by atoms with van der Waals surface area (Å²) in [6.45, 7) is 2.75. The fourth-order valence-electron chi connectivity index (χ4n) is 5.03. The summed E-state index contributed by atoms with van der Waals surface area (Å²) in [4.78, 5) is 13.9. The number of ether oxygens (including phenoxy) is 1. The lowest BCUT2D eigenvalue weighted by Crippen LogP contribution is -2.36.